The number of carbonyl (C=O) groups excluding carboxylic acids is 1. The number of likely N-dealkylation sites (N-methyl/N-ethyl adjacent to an activating group) is 1. The number of hydrogen-bond donors (Lipinski definition) is 1. The molecule has 1 aromatic heterocycles. The van der Waals surface area contributed by atoms with Crippen molar-refractivity contribution in [2.45, 2.75) is 18.4 Å². The lowest BCUT2D eigenvalue weighted by Gasteiger charge is -2.35. The van der Waals surface area contributed by atoms with Crippen molar-refractivity contribution < 1.29 is 14.6 Å². The molecular weight excluding hydrogens is 232 g/mol. The average molecular weight is 252 g/mol. The van der Waals surface area contributed by atoms with E-state index in [0.717, 1.165) is 0 Å². The van der Waals surface area contributed by atoms with Gasteiger partial charge in [0, 0.05) is 52.9 Å². The summed E-state index contributed by atoms with van der Waals surface area (Å²) in [7, 11) is 3.56. The molecule has 0 bridgehead atoms. The molecule has 1 aromatic rings. The summed E-state index contributed by atoms with van der Waals surface area (Å²) >= 11 is 0. The van der Waals surface area contributed by atoms with E-state index in [4.69, 9.17) is 4.74 Å². The molecule has 0 aromatic carbocycles. The van der Waals surface area contributed by atoms with E-state index in [2.05, 4.69) is 0 Å². The Morgan fingerprint density at radius 3 is 2.78 bits per heavy atom. The summed E-state index contributed by atoms with van der Waals surface area (Å²) < 4.78 is 7.02. The maximum Gasteiger partial charge on any atom is 0.270 e. The Bertz CT molecular complexity index is 422. The summed E-state index contributed by atoms with van der Waals surface area (Å²) in [6.07, 6.45) is 3.00. The summed E-state index contributed by atoms with van der Waals surface area (Å²) in [5.41, 5.74) is -0.179. The van der Waals surface area contributed by atoms with Gasteiger partial charge >= 0.3 is 0 Å². The molecule has 1 aliphatic heterocycles. The maximum atomic E-state index is 12.2. The van der Waals surface area contributed by atoms with E-state index < -0.39 is 5.60 Å². The van der Waals surface area contributed by atoms with Gasteiger partial charge in [-0.25, -0.2) is 0 Å². The van der Waals surface area contributed by atoms with Gasteiger partial charge in [0.15, 0.2) is 0 Å². The highest BCUT2D eigenvalue weighted by Gasteiger charge is 2.32. The Labute approximate surface area is 107 Å². The Hall–Kier alpha value is -1.33. The van der Waals surface area contributed by atoms with Crippen LogP contribution in [0.15, 0.2) is 18.3 Å². The van der Waals surface area contributed by atoms with Crippen molar-refractivity contribution in [3.63, 3.8) is 0 Å². The number of amides is 1. The van der Waals surface area contributed by atoms with Crippen molar-refractivity contribution in [1.82, 2.24) is 9.47 Å². The van der Waals surface area contributed by atoms with Gasteiger partial charge in [0.1, 0.15) is 5.69 Å². The van der Waals surface area contributed by atoms with Crippen LogP contribution in [0, 0.1) is 0 Å². The molecule has 0 aliphatic carbocycles. The van der Waals surface area contributed by atoms with Crippen LogP contribution in [0.3, 0.4) is 0 Å². The standard InChI is InChI=1S/C13H20N2O3/c1-14-7-3-4-11(14)12(16)15(2)10-13(17)5-8-18-9-6-13/h3-4,7,17H,5-6,8-10H2,1-2H3. The summed E-state index contributed by atoms with van der Waals surface area (Å²) in [4.78, 5) is 13.8. The highest BCUT2D eigenvalue weighted by Crippen LogP contribution is 2.21. The minimum Gasteiger partial charge on any atom is -0.388 e. The molecule has 1 saturated heterocycles. The second kappa shape index (κ2) is 5.12. The number of carbonyl (C=O) groups is 1. The van der Waals surface area contributed by atoms with Gasteiger partial charge in [-0.3, -0.25) is 4.79 Å². The second-order valence-electron chi connectivity index (χ2n) is 5.00. The molecule has 5 nitrogen and oxygen atoms in total. The first kappa shape index (κ1) is 13.1. The number of nitrogens with zero attached hydrogens (tertiary/aromatic N) is 2. The molecule has 1 fully saturated rings. The van der Waals surface area contributed by atoms with Crippen molar-refractivity contribution in [3.8, 4) is 0 Å². The molecule has 1 amide bonds. The third-order valence-electron chi connectivity index (χ3n) is 3.46. The van der Waals surface area contributed by atoms with E-state index in [0.29, 0.717) is 38.3 Å². The van der Waals surface area contributed by atoms with Crippen LogP contribution in [0.5, 0.6) is 0 Å². The third-order valence-corrected chi connectivity index (χ3v) is 3.46. The molecule has 0 radical (unpaired) electrons. The lowest BCUT2D eigenvalue weighted by molar-refractivity contribution is -0.0734. The van der Waals surface area contributed by atoms with Gasteiger partial charge in [-0.05, 0) is 12.1 Å². The molecule has 2 rings (SSSR count). The van der Waals surface area contributed by atoms with Gasteiger partial charge in [0.25, 0.3) is 5.91 Å². The highest BCUT2D eigenvalue weighted by atomic mass is 16.5. The molecule has 0 saturated carbocycles. The van der Waals surface area contributed by atoms with E-state index in [1.54, 1.807) is 22.6 Å². The zero-order valence-corrected chi connectivity index (χ0v) is 10.9. The fourth-order valence-electron chi connectivity index (χ4n) is 2.30. The zero-order valence-electron chi connectivity index (χ0n) is 10.9. The first-order valence-corrected chi connectivity index (χ1v) is 6.19. The smallest absolute Gasteiger partial charge is 0.270 e. The summed E-state index contributed by atoms with van der Waals surface area (Å²) in [6.45, 7) is 1.46. The lowest BCUT2D eigenvalue weighted by atomic mass is 9.94. The number of aryl methyl sites for hydroxylation is 1. The van der Waals surface area contributed by atoms with Gasteiger partial charge in [-0.1, -0.05) is 0 Å². The topological polar surface area (TPSA) is 54.7 Å². The molecule has 2 heterocycles. The Morgan fingerprint density at radius 2 is 2.22 bits per heavy atom. The van der Waals surface area contributed by atoms with Crippen LogP contribution in [0.4, 0.5) is 0 Å². The van der Waals surface area contributed by atoms with Crippen molar-refractivity contribution >= 4 is 5.91 Å². The molecular formula is C13H20N2O3. The van der Waals surface area contributed by atoms with Crippen LogP contribution < -0.4 is 0 Å². The fourth-order valence-corrected chi connectivity index (χ4v) is 2.30. The Morgan fingerprint density at radius 1 is 1.56 bits per heavy atom. The summed E-state index contributed by atoms with van der Waals surface area (Å²) in [6, 6.07) is 3.62. The van der Waals surface area contributed by atoms with Gasteiger partial charge in [0.05, 0.1) is 5.60 Å². The van der Waals surface area contributed by atoms with Gasteiger partial charge in [-0.2, -0.15) is 0 Å². The van der Waals surface area contributed by atoms with E-state index in [1.807, 2.05) is 19.3 Å². The number of aromatic nitrogens is 1. The van der Waals surface area contributed by atoms with Crippen LogP contribution in [0.2, 0.25) is 0 Å². The highest BCUT2D eigenvalue weighted by molar-refractivity contribution is 5.92. The van der Waals surface area contributed by atoms with Crippen molar-refractivity contribution in [2.75, 3.05) is 26.8 Å². The Kier molecular flexibility index (Phi) is 3.73. The van der Waals surface area contributed by atoms with Crippen LogP contribution in [-0.4, -0.2) is 52.9 Å². The average Bonchev–Trinajstić information content (AvgIpc) is 2.74. The normalized spacial score (nSPS) is 18.6. The number of ether oxygens (including phenoxy) is 1. The molecule has 100 valence electrons. The first-order valence-electron chi connectivity index (χ1n) is 6.19. The largest absolute Gasteiger partial charge is 0.388 e. The van der Waals surface area contributed by atoms with Crippen LogP contribution in [0.1, 0.15) is 23.3 Å². The zero-order chi connectivity index (χ0) is 13.2. The second-order valence-corrected chi connectivity index (χ2v) is 5.00. The maximum absolute atomic E-state index is 12.2. The summed E-state index contributed by atoms with van der Waals surface area (Å²) in [5.74, 6) is -0.0672. The third kappa shape index (κ3) is 2.73. The van der Waals surface area contributed by atoms with Gasteiger partial charge in [0.2, 0.25) is 0 Å². The minimum absolute atomic E-state index is 0.0672. The quantitative estimate of drug-likeness (QED) is 0.859. The predicted octanol–water partition coefficient (Wildman–Crippen LogP) is 0.639. The predicted molar refractivity (Wildman–Crippen MR) is 67.4 cm³/mol. The molecule has 1 N–H and O–H groups in total. The lowest BCUT2D eigenvalue weighted by Crippen LogP contribution is -2.47. The molecule has 0 unspecified atom stereocenters. The molecule has 1 aliphatic rings. The van der Waals surface area contributed by atoms with Crippen molar-refractivity contribution in [2.24, 2.45) is 7.05 Å². The van der Waals surface area contributed by atoms with E-state index in [1.165, 1.54) is 0 Å². The first-order chi connectivity index (χ1) is 8.52. The molecule has 0 spiro atoms. The molecule has 0 atom stereocenters. The van der Waals surface area contributed by atoms with Crippen LogP contribution in [-0.2, 0) is 11.8 Å². The van der Waals surface area contributed by atoms with Gasteiger partial charge in [-0.15, -0.1) is 0 Å². The van der Waals surface area contributed by atoms with E-state index in [-0.39, 0.29) is 5.91 Å². The SMILES string of the molecule is CN(CC1(O)CCOCC1)C(=O)c1cccn1C. The fraction of sp³-hybridized carbons (Fsp3) is 0.615. The van der Waals surface area contributed by atoms with Crippen LogP contribution >= 0.6 is 0 Å². The molecule has 5 heteroatoms. The van der Waals surface area contributed by atoms with Crippen molar-refractivity contribution in [3.05, 3.63) is 24.0 Å². The Balaban J connectivity index is 2.01. The molecule has 18 heavy (non-hydrogen) atoms. The minimum atomic E-state index is -0.812. The monoisotopic (exact) mass is 252 g/mol. The number of aliphatic hydroxyl groups is 1. The van der Waals surface area contributed by atoms with E-state index in [9.17, 15) is 9.90 Å². The number of rotatable bonds is 3. The van der Waals surface area contributed by atoms with Crippen LogP contribution in [0.25, 0.3) is 0 Å². The summed E-state index contributed by atoms with van der Waals surface area (Å²) in [5, 5.41) is 10.4. The van der Waals surface area contributed by atoms with E-state index >= 15 is 0 Å². The van der Waals surface area contributed by atoms with Crippen molar-refractivity contribution in [1.29, 1.82) is 0 Å². The number of hydrogen-bond acceptors (Lipinski definition) is 3. The van der Waals surface area contributed by atoms with Gasteiger partial charge < -0.3 is 19.3 Å².